The lowest BCUT2D eigenvalue weighted by Crippen LogP contribution is -2.53. The first-order chi connectivity index (χ1) is 9.71. The summed E-state index contributed by atoms with van der Waals surface area (Å²) in [7, 11) is 0. The van der Waals surface area contributed by atoms with E-state index in [2.05, 4.69) is 0 Å². The Morgan fingerprint density at radius 2 is 1.90 bits per heavy atom. The van der Waals surface area contributed by atoms with Gasteiger partial charge in [0.25, 0.3) is 11.7 Å². The normalized spacial score (nSPS) is 11.5. The predicted molar refractivity (Wildman–Crippen MR) is 76.7 cm³/mol. The topological polar surface area (TPSA) is 57.6 Å². The molecule has 0 aliphatic carbocycles. The summed E-state index contributed by atoms with van der Waals surface area (Å²) in [5, 5.41) is 9.23. The van der Waals surface area contributed by atoms with Crippen molar-refractivity contribution < 1.29 is 23.5 Å². The third-order valence-corrected chi connectivity index (χ3v) is 3.88. The van der Waals surface area contributed by atoms with E-state index in [9.17, 15) is 23.5 Å². The van der Waals surface area contributed by atoms with Gasteiger partial charge in [0.1, 0.15) is 5.54 Å². The van der Waals surface area contributed by atoms with Crippen LogP contribution >= 0.6 is 11.8 Å². The van der Waals surface area contributed by atoms with Crippen LogP contribution in [0.3, 0.4) is 0 Å². The van der Waals surface area contributed by atoms with Crippen LogP contribution in [0.1, 0.15) is 31.1 Å². The SMILES string of the molecule is CCN(C(=O)c1ccccc1SC(F)F)C(C)(C)C(=O)O. The first kappa shape index (κ1) is 17.4. The number of amides is 1. The summed E-state index contributed by atoms with van der Waals surface area (Å²) >= 11 is 0.272. The predicted octanol–water partition coefficient (Wildman–Crippen LogP) is 3.33. The summed E-state index contributed by atoms with van der Waals surface area (Å²) in [6, 6.07) is 5.96. The lowest BCUT2D eigenvalue weighted by atomic mass is 10.0. The Labute approximate surface area is 126 Å². The van der Waals surface area contributed by atoms with Crippen molar-refractivity contribution in [3.8, 4) is 0 Å². The molecule has 0 radical (unpaired) electrons. The molecular formula is C14H17F2NO3S. The number of hydrogen-bond donors (Lipinski definition) is 1. The van der Waals surface area contributed by atoms with E-state index in [4.69, 9.17) is 0 Å². The Balaban J connectivity index is 3.20. The minimum absolute atomic E-state index is 0.0824. The van der Waals surface area contributed by atoms with E-state index >= 15 is 0 Å². The molecule has 1 amide bonds. The molecule has 0 aliphatic heterocycles. The Morgan fingerprint density at radius 3 is 2.38 bits per heavy atom. The second-order valence-corrected chi connectivity index (χ2v) is 5.82. The number of alkyl halides is 2. The zero-order valence-electron chi connectivity index (χ0n) is 12.0. The van der Waals surface area contributed by atoms with Gasteiger partial charge in [0, 0.05) is 11.4 Å². The number of halogens is 2. The van der Waals surface area contributed by atoms with Gasteiger partial charge in [-0.2, -0.15) is 8.78 Å². The minimum Gasteiger partial charge on any atom is -0.480 e. The molecule has 21 heavy (non-hydrogen) atoms. The molecule has 0 aliphatic rings. The number of carboxylic acids is 1. The molecule has 1 aromatic rings. The van der Waals surface area contributed by atoms with Gasteiger partial charge in [0.15, 0.2) is 0 Å². The Bertz CT molecular complexity index is 535. The molecule has 0 saturated carbocycles. The molecule has 0 aromatic heterocycles. The number of nitrogens with zero attached hydrogens (tertiary/aromatic N) is 1. The summed E-state index contributed by atoms with van der Waals surface area (Å²) in [6.07, 6.45) is 0. The van der Waals surface area contributed by atoms with Gasteiger partial charge in [-0.15, -0.1) is 0 Å². The van der Waals surface area contributed by atoms with Crippen LogP contribution in [0.5, 0.6) is 0 Å². The molecule has 1 N–H and O–H groups in total. The number of aliphatic carboxylic acids is 1. The smallest absolute Gasteiger partial charge is 0.329 e. The van der Waals surface area contributed by atoms with Crippen molar-refractivity contribution in [1.29, 1.82) is 0 Å². The zero-order valence-corrected chi connectivity index (χ0v) is 12.8. The van der Waals surface area contributed by atoms with Crippen LogP contribution in [0.25, 0.3) is 0 Å². The largest absolute Gasteiger partial charge is 0.480 e. The van der Waals surface area contributed by atoms with Gasteiger partial charge >= 0.3 is 5.97 Å². The molecule has 1 aromatic carbocycles. The maximum absolute atomic E-state index is 12.6. The van der Waals surface area contributed by atoms with E-state index in [1.54, 1.807) is 19.1 Å². The molecule has 7 heteroatoms. The van der Waals surface area contributed by atoms with Crippen LogP contribution in [0.2, 0.25) is 0 Å². The van der Waals surface area contributed by atoms with Gasteiger partial charge in [-0.1, -0.05) is 23.9 Å². The maximum atomic E-state index is 12.6. The maximum Gasteiger partial charge on any atom is 0.329 e. The molecule has 0 bridgehead atoms. The lowest BCUT2D eigenvalue weighted by molar-refractivity contribution is -0.147. The fraction of sp³-hybridized carbons (Fsp3) is 0.429. The fourth-order valence-electron chi connectivity index (χ4n) is 1.90. The standard InChI is InChI=1S/C14H17F2NO3S/c1-4-17(14(2,3)12(19)20)11(18)9-7-5-6-8-10(9)21-13(15)16/h5-8,13H,4H2,1-3H3,(H,19,20). The molecule has 0 fully saturated rings. The van der Waals surface area contributed by atoms with E-state index < -0.39 is 23.2 Å². The summed E-state index contributed by atoms with van der Waals surface area (Å²) in [5.74, 6) is -4.38. The van der Waals surface area contributed by atoms with Crippen molar-refractivity contribution in [1.82, 2.24) is 4.90 Å². The molecule has 116 valence electrons. The number of benzene rings is 1. The molecule has 0 spiro atoms. The fourth-order valence-corrected chi connectivity index (χ4v) is 2.53. The Kier molecular flexibility index (Phi) is 5.71. The number of likely N-dealkylation sites (N-methyl/N-ethyl adjacent to an activating group) is 1. The Hall–Kier alpha value is -1.63. The second kappa shape index (κ2) is 6.89. The van der Waals surface area contributed by atoms with Crippen molar-refractivity contribution >= 4 is 23.6 Å². The van der Waals surface area contributed by atoms with Crippen LogP contribution in [0.4, 0.5) is 8.78 Å². The minimum atomic E-state index is -2.65. The van der Waals surface area contributed by atoms with E-state index in [-0.39, 0.29) is 28.8 Å². The zero-order chi connectivity index (χ0) is 16.2. The van der Waals surface area contributed by atoms with Gasteiger partial charge in [-0.25, -0.2) is 4.79 Å². The van der Waals surface area contributed by atoms with E-state index in [0.717, 1.165) is 4.90 Å². The summed E-state index contributed by atoms with van der Waals surface area (Å²) in [4.78, 5) is 25.1. The summed E-state index contributed by atoms with van der Waals surface area (Å²) < 4.78 is 25.1. The van der Waals surface area contributed by atoms with Gasteiger partial charge in [-0.05, 0) is 32.9 Å². The number of rotatable bonds is 6. The van der Waals surface area contributed by atoms with Gasteiger partial charge in [-0.3, -0.25) is 4.79 Å². The number of carbonyl (C=O) groups excluding carboxylic acids is 1. The van der Waals surface area contributed by atoms with E-state index in [0.29, 0.717) is 0 Å². The lowest BCUT2D eigenvalue weighted by Gasteiger charge is -2.34. The van der Waals surface area contributed by atoms with Gasteiger partial charge in [0.05, 0.1) is 5.56 Å². The molecule has 0 heterocycles. The van der Waals surface area contributed by atoms with Crippen molar-refractivity contribution in [3.05, 3.63) is 29.8 Å². The summed E-state index contributed by atoms with van der Waals surface area (Å²) in [6.45, 7) is 4.61. The molecule has 0 saturated heterocycles. The van der Waals surface area contributed by atoms with Crippen LogP contribution in [0, 0.1) is 0 Å². The van der Waals surface area contributed by atoms with Gasteiger partial charge in [0.2, 0.25) is 0 Å². The highest BCUT2D eigenvalue weighted by Gasteiger charge is 2.37. The van der Waals surface area contributed by atoms with Crippen molar-refractivity contribution in [3.63, 3.8) is 0 Å². The average molecular weight is 317 g/mol. The van der Waals surface area contributed by atoms with Crippen molar-refractivity contribution in [2.24, 2.45) is 0 Å². The molecule has 1 rings (SSSR count). The highest BCUT2D eigenvalue weighted by molar-refractivity contribution is 7.99. The molecule has 0 atom stereocenters. The van der Waals surface area contributed by atoms with Crippen LogP contribution in [-0.2, 0) is 4.79 Å². The second-order valence-electron chi connectivity index (χ2n) is 4.79. The monoisotopic (exact) mass is 317 g/mol. The van der Waals surface area contributed by atoms with E-state index in [1.807, 2.05) is 0 Å². The highest BCUT2D eigenvalue weighted by atomic mass is 32.2. The van der Waals surface area contributed by atoms with Crippen molar-refractivity contribution in [2.75, 3.05) is 6.54 Å². The summed E-state index contributed by atoms with van der Waals surface area (Å²) in [5.41, 5.74) is -1.34. The number of carboxylic acid groups (broad SMARTS) is 1. The first-order valence-electron chi connectivity index (χ1n) is 6.31. The van der Waals surface area contributed by atoms with Crippen molar-refractivity contribution in [2.45, 2.75) is 37.0 Å². The molecule has 4 nitrogen and oxygen atoms in total. The first-order valence-corrected chi connectivity index (χ1v) is 7.19. The third-order valence-electron chi connectivity index (χ3n) is 3.09. The number of thioether (sulfide) groups is 1. The number of carbonyl (C=O) groups is 2. The molecular weight excluding hydrogens is 300 g/mol. The van der Waals surface area contributed by atoms with Crippen LogP contribution < -0.4 is 0 Å². The molecule has 0 unspecified atom stereocenters. The highest BCUT2D eigenvalue weighted by Crippen LogP contribution is 2.30. The van der Waals surface area contributed by atoms with Gasteiger partial charge < -0.3 is 10.0 Å². The third kappa shape index (κ3) is 3.93. The number of hydrogen-bond acceptors (Lipinski definition) is 3. The van der Waals surface area contributed by atoms with Crippen LogP contribution in [-0.4, -0.2) is 39.7 Å². The average Bonchev–Trinajstić information content (AvgIpc) is 2.38. The quantitative estimate of drug-likeness (QED) is 0.818. The Morgan fingerprint density at radius 1 is 1.33 bits per heavy atom. The van der Waals surface area contributed by atoms with E-state index in [1.165, 1.54) is 26.0 Å². The van der Waals surface area contributed by atoms with Crippen LogP contribution in [0.15, 0.2) is 29.2 Å².